The normalized spacial score (nSPS) is 24.2. The number of amides is 2. The van der Waals surface area contributed by atoms with Gasteiger partial charge in [0.1, 0.15) is 6.61 Å². The summed E-state index contributed by atoms with van der Waals surface area (Å²) in [7, 11) is 1.56. The number of piperidine rings is 1. The van der Waals surface area contributed by atoms with Crippen molar-refractivity contribution in [2.45, 2.75) is 57.3 Å². The van der Waals surface area contributed by atoms with Crippen LogP contribution >= 0.6 is 0 Å². The van der Waals surface area contributed by atoms with Crippen molar-refractivity contribution in [2.75, 3.05) is 33.4 Å². The lowest BCUT2D eigenvalue weighted by Crippen LogP contribution is -2.56. The van der Waals surface area contributed by atoms with Crippen LogP contribution in [0, 0.1) is 0 Å². The summed E-state index contributed by atoms with van der Waals surface area (Å²) in [5.41, 5.74) is 0.853. The van der Waals surface area contributed by atoms with Crippen molar-refractivity contribution in [3.63, 3.8) is 0 Å². The smallest absolute Gasteiger partial charge is 0.248 e. The number of likely N-dealkylation sites (N-methyl/N-ethyl adjacent to an activating group) is 1. The Hall–Kier alpha value is -1.92. The number of ether oxygens (including phenoxy) is 2. The van der Waals surface area contributed by atoms with Gasteiger partial charge in [-0.15, -0.1) is 0 Å². The molecule has 0 N–H and O–H groups in total. The molecule has 2 aliphatic rings. The molecule has 3 rings (SSSR count). The van der Waals surface area contributed by atoms with Gasteiger partial charge in [0.2, 0.25) is 11.8 Å². The van der Waals surface area contributed by atoms with Gasteiger partial charge in [-0.2, -0.15) is 0 Å². The summed E-state index contributed by atoms with van der Waals surface area (Å²) in [5.74, 6) is 0.146. The topological polar surface area (TPSA) is 59.1 Å². The van der Waals surface area contributed by atoms with E-state index in [1.54, 1.807) is 14.0 Å². The van der Waals surface area contributed by atoms with E-state index >= 15 is 0 Å². The van der Waals surface area contributed by atoms with Crippen molar-refractivity contribution < 1.29 is 19.1 Å². The fourth-order valence-electron chi connectivity index (χ4n) is 4.66. The van der Waals surface area contributed by atoms with Gasteiger partial charge in [0, 0.05) is 39.7 Å². The maximum Gasteiger partial charge on any atom is 0.248 e. The third kappa shape index (κ3) is 4.55. The number of benzene rings is 1. The third-order valence-corrected chi connectivity index (χ3v) is 6.15. The summed E-state index contributed by atoms with van der Waals surface area (Å²) < 4.78 is 11.8. The zero-order valence-corrected chi connectivity index (χ0v) is 17.2. The summed E-state index contributed by atoms with van der Waals surface area (Å²) in [4.78, 5) is 28.2. The number of hydrogen-bond acceptors (Lipinski definition) is 4. The summed E-state index contributed by atoms with van der Waals surface area (Å²) >= 11 is 0. The molecule has 2 fully saturated rings. The van der Waals surface area contributed by atoms with Crippen LogP contribution in [0.15, 0.2) is 30.3 Å². The first-order chi connectivity index (χ1) is 13.5. The van der Waals surface area contributed by atoms with Crippen molar-refractivity contribution >= 4 is 11.8 Å². The molecule has 2 heterocycles. The number of rotatable bonds is 5. The van der Waals surface area contributed by atoms with Crippen LogP contribution in [0.5, 0.6) is 0 Å². The number of carbonyl (C=O) groups excluding carboxylic acids is 2. The van der Waals surface area contributed by atoms with Crippen LogP contribution in [0.25, 0.3) is 0 Å². The molecular formula is C22H32N2O4. The highest BCUT2D eigenvalue weighted by molar-refractivity contribution is 5.77. The number of carbonyl (C=O) groups is 2. The second kappa shape index (κ2) is 9.05. The molecule has 0 saturated carbocycles. The van der Waals surface area contributed by atoms with Crippen molar-refractivity contribution in [2.24, 2.45) is 0 Å². The highest BCUT2D eigenvalue weighted by atomic mass is 16.5. The van der Waals surface area contributed by atoms with E-state index < -0.39 is 0 Å². The van der Waals surface area contributed by atoms with Gasteiger partial charge in [0.25, 0.3) is 0 Å². The second-order valence-electron chi connectivity index (χ2n) is 7.91. The van der Waals surface area contributed by atoms with Gasteiger partial charge in [-0.25, -0.2) is 0 Å². The minimum absolute atomic E-state index is 0.0278. The molecule has 0 bridgehead atoms. The number of methoxy groups -OCH3 is 1. The van der Waals surface area contributed by atoms with Crippen molar-refractivity contribution in [1.82, 2.24) is 9.80 Å². The van der Waals surface area contributed by atoms with Gasteiger partial charge in [-0.3, -0.25) is 9.59 Å². The molecule has 1 aromatic carbocycles. The molecule has 6 nitrogen and oxygen atoms in total. The van der Waals surface area contributed by atoms with Crippen LogP contribution in [0.1, 0.15) is 51.2 Å². The van der Waals surface area contributed by atoms with E-state index in [9.17, 15) is 9.59 Å². The molecule has 2 saturated heterocycles. The predicted octanol–water partition coefficient (Wildman–Crippen LogP) is 2.78. The highest BCUT2D eigenvalue weighted by Gasteiger charge is 2.46. The van der Waals surface area contributed by atoms with Gasteiger partial charge >= 0.3 is 0 Å². The second-order valence-corrected chi connectivity index (χ2v) is 7.91. The number of nitrogens with zero attached hydrogens (tertiary/aromatic N) is 2. The molecule has 0 aliphatic carbocycles. The molecule has 1 aromatic rings. The monoisotopic (exact) mass is 388 g/mol. The van der Waals surface area contributed by atoms with Crippen molar-refractivity contribution in [3.05, 3.63) is 35.9 Å². The van der Waals surface area contributed by atoms with Crippen LogP contribution < -0.4 is 0 Å². The minimum Gasteiger partial charge on any atom is -0.375 e. The van der Waals surface area contributed by atoms with Gasteiger partial charge in [0.15, 0.2) is 0 Å². The quantitative estimate of drug-likeness (QED) is 0.778. The average molecular weight is 389 g/mol. The first-order valence-electron chi connectivity index (χ1n) is 10.2. The molecule has 2 amide bonds. The SMILES string of the molecule is CCN(C(=O)COC)[C@H]1C[C@@H](c2ccccc2)OC2(CCN(C(C)=O)CC2)C1. The van der Waals surface area contributed by atoms with E-state index in [0.717, 1.165) is 31.2 Å². The first kappa shape index (κ1) is 20.8. The Labute approximate surface area is 167 Å². The van der Waals surface area contributed by atoms with Crippen LogP contribution in [-0.2, 0) is 19.1 Å². The van der Waals surface area contributed by atoms with E-state index in [4.69, 9.17) is 9.47 Å². The molecular weight excluding hydrogens is 356 g/mol. The Kier molecular flexibility index (Phi) is 6.73. The summed E-state index contributed by atoms with van der Waals surface area (Å²) in [5, 5.41) is 0. The van der Waals surface area contributed by atoms with E-state index in [-0.39, 0.29) is 36.2 Å². The zero-order chi connectivity index (χ0) is 20.1. The van der Waals surface area contributed by atoms with E-state index in [2.05, 4.69) is 12.1 Å². The predicted molar refractivity (Wildman–Crippen MR) is 107 cm³/mol. The highest BCUT2D eigenvalue weighted by Crippen LogP contribution is 2.44. The fraction of sp³-hybridized carbons (Fsp3) is 0.636. The maximum atomic E-state index is 12.6. The Bertz CT molecular complexity index is 670. The molecule has 2 atom stereocenters. The average Bonchev–Trinajstić information content (AvgIpc) is 2.69. The van der Waals surface area contributed by atoms with Gasteiger partial charge in [0.05, 0.1) is 11.7 Å². The van der Waals surface area contributed by atoms with E-state index in [1.807, 2.05) is 34.9 Å². The van der Waals surface area contributed by atoms with Crippen molar-refractivity contribution in [1.29, 1.82) is 0 Å². The zero-order valence-electron chi connectivity index (χ0n) is 17.2. The molecule has 28 heavy (non-hydrogen) atoms. The molecule has 6 heteroatoms. The molecule has 0 unspecified atom stereocenters. The van der Waals surface area contributed by atoms with E-state index in [1.165, 1.54) is 0 Å². The molecule has 2 aliphatic heterocycles. The maximum absolute atomic E-state index is 12.6. The van der Waals surface area contributed by atoms with E-state index in [0.29, 0.717) is 19.6 Å². The molecule has 0 radical (unpaired) electrons. The first-order valence-corrected chi connectivity index (χ1v) is 10.2. The third-order valence-electron chi connectivity index (χ3n) is 6.15. The number of hydrogen-bond donors (Lipinski definition) is 0. The lowest BCUT2D eigenvalue weighted by molar-refractivity contribution is -0.181. The van der Waals surface area contributed by atoms with Crippen molar-refractivity contribution in [3.8, 4) is 0 Å². The standard InChI is InChI=1S/C22H32N2O4/c1-4-24(21(26)16-27-3)19-14-20(18-8-6-5-7-9-18)28-22(15-19)10-12-23(13-11-22)17(2)25/h5-9,19-20H,4,10-16H2,1-3H3/t19-,20-/m0/s1. The summed E-state index contributed by atoms with van der Waals surface area (Å²) in [6.45, 7) is 5.82. The molecule has 154 valence electrons. The minimum atomic E-state index is -0.295. The van der Waals surface area contributed by atoms with Crippen LogP contribution in [0.2, 0.25) is 0 Å². The Balaban J connectivity index is 1.84. The van der Waals surface area contributed by atoms with Crippen LogP contribution in [-0.4, -0.2) is 66.6 Å². The number of likely N-dealkylation sites (tertiary alicyclic amines) is 1. The van der Waals surface area contributed by atoms with Crippen LogP contribution in [0.4, 0.5) is 0 Å². The van der Waals surface area contributed by atoms with Gasteiger partial charge < -0.3 is 19.3 Å². The Morgan fingerprint density at radius 1 is 1.25 bits per heavy atom. The fourth-order valence-corrected chi connectivity index (χ4v) is 4.66. The summed E-state index contributed by atoms with van der Waals surface area (Å²) in [6, 6.07) is 10.4. The lowest BCUT2D eigenvalue weighted by atomic mass is 9.79. The molecule has 0 aromatic heterocycles. The largest absolute Gasteiger partial charge is 0.375 e. The van der Waals surface area contributed by atoms with Gasteiger partial charge in [-0.1, -0.05) is 30.3 Å². The molecule has 1 spiro atoms. The Morgan fingerprint density at radius 2 is 1.93 bits per heavy atom. The van der Waals surface area contributed by atoms with Gasteiger partial charge in [-0.05, 0) is 38.2 Å². The Morgan fingerprint density at radius 3 is 2.50 bits per heavy atom. The summed E-state index contributed by atoms with van der Waals surface area (Å²) in [6.07, 6.45) is 3.16. The lowest BCUT2D eigenvalue weighted by Gasteiger charge is -2.51. The van der Waals surface area contributed by atoms with Crippen LogP contribution in [0.3, 0.4) is 0 Å².